The van der Waals surface area contributed by atoms with E-state index in [-0.39, 0.29) is 12.4 Å². The maximum Gasteiger partial charge on any atom is 0.0206 e. The molecule has 2 aliphatic heterocycles. The predicted molar refractivity (Wildman–Crippen MR) is 61.9 cm³/mol. The highest BCUT2D eigenvalue weighted by Gasteiger charge is 2.28. The van der Waals surface area contributed by atoms with Gasteiger partial charge in [-0.1, -0.05) is 6.92 Å². The lowest BCUT2D eigenvalue weighted by Gasteiger charge is -2.19. The van der Waals surface area contributed by atoms with E-state index in [1.165, 1.54) is 32.5 Å². The first-order valence-electron chi connectivity index (χ1n) is 5.47. The van der Waals surface area contributed by atoms with Crippen LogP contribution in [0.2, 0.25) is 0 Å². The van der Waals surface area contributed by atoms with Crippen molar-refractivity contribution in [1.29, 1.82) is 0 Å². The Bertz CT molecular complexity index is 161. The molecule has 2 aliphatic rings. The molecule has 3 atom stereocenters. The fourth-order valence-corrected chi connectivity index (χ4v) is 2.47. The molecule has 0 aromatic carbocycles. The average Bonchev–Trinajstić information content (AvgIpc) is 2.64. The first-order valence-corrected chi connectivity index (χ1v) is 5.47. The van der Waals surface area contributed by atoms with Crippen LogP contribution in [0, 0.1) is 5.92 Å². The Morgan fingerprint density at radius 3 is 2.71 bits per heavy atom. The summed E-state index contributed by atoms with van der Waals surface area (Å²) >= 11 is 0. The van der Waals surface area contributed by atoms with Crippen molar-refractivity contribution in [2.24, 2.45) is 11.7 Å². The minimum absolute atomic E-state index is 0. The number of hydrogen-bond donors (Lipinski definition) is 2. The molecule has 0 spiro atoms. The minimum atomic E-state index is 0. The molecule has 0 saturated carbocycles. The van der Waals surface area contributed by atoms with Gasteiger partial charge >= 0.3 is 0 Å². The summed E-state index contributed by atoms with van der Waals surface area (Å²) in [7, 11) is 0. The quantitative estimate of drug-likeness (QED) is 0.709. The summed E-state index contributed by atoms with van der Waals surface area (Å²) in [5.74, 6) is 0.682. The van der Waals surface area contributed by atoms with Crippen LogP contribution in [0.4, 0.5) is 0 Å². The van der Waals surface area contributed by atoms with Crippen LogP contribution in [-0.2, 0) is 0 Å². The van der Waals surface area contributed by atoms with Crippen LogP contribution in [0.5, 0.6) is 0 Å². The second-order valence-corrected chi connectivity index (χ2v) is 4.65. The van der Waals surface area contributed by atoms with Crippen LogP contribution in [0.15, 0.2) is 0 Å². The Balaban J connectivity index is 0.000000980. The van der Waals surface area contributed by atoms with E-state index < -0.39 is 0 Å². The number of nitrogens with two attached hydrogens (primary N) is 1. The van der Waals surface area contributed by atoms with Gasteiger partial charge in [-0.3, -0.25) is 4.90 Å². The van der Waals surface area contributed by atoms with Crippen LogP contribution in [0.25, 0.3) is 0 Å². The molecule has 84 valence electrons. The summed E-state index contributed by atoms with van der Waals surface area (Å²) in [6, 6.07) is 1.14. The second-order valence-electron chi connectivity index (χ2n) is 4.65. The SMILES string of the molecule is CC1CN(C[C@@H]2CCCN2)CC1N.Cl. The molecule has 2 fully saturated rings. The third-order valence-corrected chi connectivity index (χ3v) is 3.39. The summed E-state index contributed by atoms with van der Waals surface area (Å²) in [6.07, 6.45) is 2.69. The molecule has 0 bridgehead atoms. The van der Waals surface area contributed by atoms with Gasteiger partial charge in [0.1, 0.15) is 0 Å². The zero-order valence-corrected chi connectivity index (χ0v) is 9.72. The Kier molecular flexibility index (Phi) is 4.64. The van der Waals surface area contributed by atoms with Crippen LogP contribution in [0.1, 0.15) is 19.8 Å². The molecule has 2 heterocycles. The van der Waals surface area contributed by atoms with Gasteiger partial charge in [-0.2, -0.15) is 0 Å². The third-order valence-electron chi connectivity index (χ3n) is 3.39. The summed E-state index contributed by atoms with van der Waals surface area (Å²) < 4.78 is 0. The van der Waals surface area contributed by atoms with Crippen molar-refractivity contribution in [3.05, 3.63) is 0 Å². The maximum absolute atomic E-state index is 5.98. The van der Waals surface area contributed by atoms with E-state index >= 15 is 0 Å². The highest BCUT2D eigenvalue weighted by molar-refractivity contribution is 5.85. The Hall–Kier alpha value is 0.170. The van der Waals surface area contributed by atoms with Gasteiger partial charge in [0.2, 0.25) is 0 Å². The molecule has 3 N–H and O–H groups in total. The molecule has 2 unspecified atom stereocenters. The number of nitrogens with zero attached hydrogens (tertiary/aromatic N) is 1. The van der Waals surface area contributed by atoms with Gasteiger partial charge in [-0.05, 0) is 25.3 Å². The summed E-state index contributed by atoms with van der Waals surface area (Å²) in [5.41, 5.74) is 5.98. The van der Waals surface area contributed by atoms with Crippen LogP contribution < -0.4 is 11.1 Å². The van der Waals surface area contributed by atoms with Gasteiger partial charge in [0.15, 0.2) is 0 Å². The van der Waals surface area contributed by atoms with Gasteiger partial charge in [0.25, 0.3) is 0 Å². The van der Waals surface area contributed by atoms with E-state index in [0.717, 1.165) is 12.6 Å². The van der Waals surface area contributed by atoms with Crippen molar-refractivity contribution in [2.45, 2.75) is 31.8 Å². The number of rotatable bonds is 2. The third kappa shape index (κ3) is 2.83. The highest BCUT2D eigenvalue weighted by Crippen LogP contribution is 2.16. The van der Waals surface area contributed by atoms with Gasteiger partial charge in [0.05, 0.1) is 0 Å². The molecule has 2 saturated heterocycles. The Morgan fingerprint density at radius 2 is 2.21 bits per heavy atom. The maximum atomic E-state index is 5.98. The van der Waals surface area contributed by atoms with E-state index in [1.54, 1.807) is 0 Å². The summed E-state index contributed by atoms with van der Waals surface area (Å²) in [5, 5.41) is 3.53. The number of likely N-dealkylation sites (tertiary alicyclic amines) is 1. The lowest BCUT2D eigenvalue weighted by molar-refractivity contribution is 0.293. The molecule has 0 radical (unpaired) electrons. The number of nitrogens with one attached hydrogen (secondary N) is 1. The molecule has 4 heteroatoms. The van der Waals surface area contributed by atoms with Gasteiger partial charge in [0, 0.05) is 31.7 Å². The number of halogens is 1. The van der Waals surface area contributed by atoms with Crippen molar-refractivity contribution in [3.8, 4) is 0 Å². The fourth-order valence-electron chi connectivity index (χ4n) is 2.47. The van der Waals surface area contributed by atoms with Crippen LogP contribution in [-0.4, -0.2) is 43.2 Å². The molecule has 14 heavy (non-hydrogen) atoms. The minimum Gasteiger partial charge on any atom is -0.326 e. The zero-order chi connectivity index (χ0) is 9.26. The van der Waals surface area contributed by atoms with Gasteiger partial charge in [-0.15, -0.1) is 12.4 Å². The monoisotopic (exact) mass is 219 g/mol. The van der Waals surface area contributed by atoms with Crippen molar-refractivity contribution in [3.63, 3.8) is 0 Å². The Morgan fingerprint density at radius 1 is 1.43 bits per heavy atom. The van der Waals surface area contributed by atoms with Crippen molar-refractivity contribution in [2.75, 3.05) is 26.2 Å². The largest absolute Gasteiger partial charge is 0.326 e. The summed E-state index contributed by atoms with van der Waals surface area (Å²) in [6.45, 7) is 6.96. The average molecular weight is 220 g/mol. The van der Waals surface area contributed by atoms with Crippen molar-refractivity contribution < 1.29 is 0 Å². The van der Waals surface area contributed by atoms with E-state index in [2.05, 4.69) is 17.1 Å². The van der Waals surface area contributed by atoms with E-state index in [0.29, 0.717) is 12.0 Å². The van der Waals surface area contributed by atoms with Crippen LogP contribution in [0.3, 0.4) is 0 Å². The zero-order valence-electron chi connectivity index (χ0n) is 8.91. The van der Waals surface area contributed by atoms with Crippen LogP contribution >= 0.6 is 12.4 Å². The second kappa shape index (κ2) is 5.31. The molecule has 3 nitrogen and oxygen atoms in total. The molecule has 0 aromatic rings. The normalized spacial score (nSPS) is 38.6. The van der Waals surface area contributed by atoms with Gasteiger partial charge < -0.3 is 11.1 Å². The summed E-state index contributed by atoms with van der Waals surface area (Å²) in [4.78, 5) is 2.51. The predicted octanol–water partition coefficient (Wildman–Crippen LogP) is 0.439. The van der Waals surface area contributed by atoms with Crippen molar-refractivity contribution in [1.82, 2.24) is 10.2 Å². The smallest absolute Gasteiger partial charge is 0.0206 e. The first-order chi connectivity index (χ1) is 6.25. The van der Waals surface area contributed by atoms with E-state index in [9.17, 15) is 0 Å². The van der Waals surface area contributed by atoms with Crippen molar-refractivity contribution >= 4 is 12.4 Å². The Labute approximate surface area is 92.8 Å². The molecular formula is C10H22ClN3. The van der Waals surface area contributed by atoms with E-state index in [1.807, 2.05) is 0 Å². The standard InChI is InChI=1S/C10H21N3.ClH/c1-8-5-13(7-10(8)11)6-9-3-2-4-12-9;/h8-10,12H,2-7,11H2,1H3;1H/t8?,9-,10?;/m0./s1. The molecule has 0 aliphatic carbocycles. The molecule has 0 aromatic heterocycles. The fraction of sp³-hybridized carbons (Fsp3) is 1.00. The molecule has 0 amide bonds. The lowest BCUT2D eigenvalue weighted by Crippen LogP contribution is -2.37. The van der Waals surface area contributed by atoms with E-state index in [4.69, 9.17) is 5.73 Å². The lowest BCUT2D eigenvalue weighted by atomic mass is 10.1. The molecular weight excluding hydrogens is 198 g/mol. The first kappa shape index (κ1) is 12.2. The molecule has 2 rings (SSSR count). The van der Waals surface area contributed by atoms with Gasteiger partial charge in [-0.25, -0.2) is 0 Å². The highest BCUT2D eigenvalue weighted by atomic mass is 35.5. The number of hydrogen-bond acceptors (Lipinski definition) is 3. The topological polar surface area (TPSA) is 41.3 Å².